The van der Waals surface area contributed by atoms with Gasteiger partial charge in [0.2, 0.25) is 0 Å². The molecule has 0 aromatic carbocycles. The minimum Gasteiger partial charge on any atom is -0.393 e. The first-order chi connectivity index (χ1) is 14.4. The average molecular weight is 433 g/mol. The molecule has 0 aromatic heterocycles. The summed E-state index contributed by atoms with van der Waals surface area (Å²) in [4.78, 5) is 0. The Morgan fingerprint density at radius 3 is 2.29 bits per heavy atom. The van der Waals surface area contributed by atoms with Crippen molar-refractivity contribution in [3.63, 3.8) is 0 Å². The van der Waals surface area contributed by atoms with Gasteiger partial charge in [0.1, 0.15) is 0 Å². The van der Waals surface area contributed by atoms with Gasteiger partial charge < -0.3 is 10.2 Å². The third-order valence-electron chi connectivity index (χ3n) is 11.7. The second kappa shape index (κ2) is 8.30. The van der Waals surface area contributed by atoms with Gasteiger partial charge in [0.25, 0.3) is 0 Å². The van der Waals surface area contributed by atoms with Crippen LogP contribution < -0.4 is 0 Å². The van der Waals surface area contributed by atoms with Crippen LogP contribution in [0.4, 0.5) is 0 Å². The first-order valence-corrected chi connectivity index (χ1v) is 13.8. The van der Waals surface area contributed by atoms with Gasteiger partial charge in [-0.3, -0.25) is 0 Å². The molecule has 31 heavy (non-hydrogen) atoms. The van der Waals surface area contributed by atoms with Crippen LogP contribution in [-0.4, -0.2) is 21.9 Å². The van der Waals surface area contributed by atoms with E-state index in [0.717, 1.165) is 55.3 Å². The van der Waals surface area contributed by atoms with Gasteiger partial charge in [-0.05, 0) is 123 Å². The molecule has 180 valence electrons. The van der Waals surface area contributed by atoms with Crippen molar-refractivity contribution in [3.05, 3.63) is 0 Å². The fraction of sp³-hybridized carbons (Fsp3) is 1.00. The molecule has 0 amide bonds. The Hall–Kier alpha value is -0.0800. The summed E-state index contributed by atoms with van der Waals surface area (Å²) in [6.07, 6.45) is 16.1. The second-order valence-corrected chi connectivity index (χ2v) is 14.1. The zero-order valence-electron chi connectivity index (χ0n) is 21.6. The number of hydrogen-bond acceptors (Lipinski definition) is 2. The highest BCUT2D eigenvalue weighted by Crippen LogP contribution is 2.68. The molecule has 0 heterocycles. The van der Waals surface area contributed by atoms with Gasteiger partial charge in [-0.15, -0.1) is 0 Å². The minimum absolute atomic E-state index is 0.0121. The van der Waals surface area contributed by atoms with Crippen LogP contribution in [0.15, 0.2) is 0 Å². The highest BCUT2D eigenvalue weighted by molar-refractivity contribution is 5.10. The molecule has 0 bridgehead atoms. The van der Waals surface area contributed by atoms with Crippen LogP contribution in [0, 0.1) is 45.8 Å². The molecule has 0 radical (unpaired) electrons. The number of aliphatic hydroxyl groups excluding tert-OH is 1. The predicted octanol–water partition coefficient (Wildman–Crippen LogP) is 7.36. The smallest absolute Gasteiger partial charge is 0.0648 e. The summed E-state index contributed by atoms with van der Waals surface area (Å²) < 4.78 is 0. The van der Waals surface area contributed by atoms with E-state index in [1.807, 2.05) is 0 Å². The Kier molecular flexibility index (Phi) is 6.44. The summed E-state index contributed by atoms with van der Waals surface area (Å²) in [6.45, 7) is 13.9. The lowest BCUT2D eigenvalue weighted by atomic mass is 9.43. The van der Waals surface area contributed by atoms with Crippen LogP contribution in [-0.2, 0) is 0 Å². The van der Waals surface area contributed by atoms with Gasteiger partial charge in [-0.25, -0.2) is 0 Å². The van der Waals surface area contributed by atoms with E-state index in [9.17, 15) is 10.2 Å². The molecule has 0 unspecified atom stereocenters. The van der Waals surface area contributed by atoms with Crippen LogP contribution in [0.25, 0.3) is 0 Å². The van der Waals surface area contributed by atoms with Gasteiger partial charge in [-0.2, -0.15) is 0 Å². The minimum atomic E-state index is -0.379. The molecule has 4 aliphatic rings. The lowest BCUT2D eigenvalue weighted by molar-refractivity contribution is -0.151. The SMILES string of the molecule is CC[C@]1(O)CC[C@@]2(C)[C@@H](CC[C@@H]3[C@@H]2CC[C@]2(C)[C@@H](CCC[C@@H](O)C(C)(C)C)CC[C@@H]32)C1. The molecular weight excluding hydrogens is 380 g/mol. The molecule has 4 aliphatic carbocycles. The van der Waals surface area contributed by atoms with Crippen LogP contribution >= 0.6 is 0 Å². The predicted molar refractivity (Wildman–Crippen MR) is 130 cm³/mol. The molecule has 0 aliphatic heterocycles. The van der Waals surface area contributed by atoms with Gasteiger partial charge in [-0.1, -0.05) is 48.0 Å². The monoisotopic (exact) mass is 432 g/mol. The van der Waals surface area contributed by atoms with Gasteiger partial charge in [0.15, 0.2) is 0 Å². The maximum absolute atomic E-state index is 11.0. The van der Waals surface area contributed by atoms with E-state index < -0.39 is 0 Å². The molecule has 2 N–H and O–H groups in total. The lowest BCUT2D eigenvalue weighted by Gasteiger charge is -2.62. The molecular formula is C29H52O2. The Morgan fingerprint density at radius 1 is 0.903 bits per heavy atom. The molecule has 0 aromatic rings. The van der Waals surface area contributed by atoms with E-state index in [2.05, 4.69) is 41.5 Å². The summed E-state index contributed by atoms with van der Waals surface area (Å²) in [7, 11) is 0. The second-order valence-electron chi connectivity index (χ2n) is 14.1. The number of hydrogen-bond donors (Lipinski definition) is 2. The largest absolute Gasteiger partial charge is 0.393 e. The average Bonchev–Trinajstić information content (AvgIpc) is 3.04. The highest BCUT2D eigenvalue weighted by atomic mass is 16.3. The Labute approximate surface area is 193 Å². The third-order valence-corrected chi connectivity index (χ3v) is 11.7. The van der Waals surface area contributed by atoms with Crippen LogP contribution in [0.5, 0.6) is 0 Å². The van der Waals surface area contributed by atoms with Crippen molar-refractivity contribution < 1.29 is 10.2 Å². The molecule has 0 saturated heterocycles. The van der Waals surface area contributed by atoms with Crippen LogP contribution in [0.2, 0.25) is 0 Å². The maximum atomic E-state index is 11.0. The molecule has 2 heteroatoms. The Bertz CT molecular complexity index is 637. The highest BCUT2D eigenvalue weighted by Gasteiger charge is 2.60. The Morgan fingerprint density at radius 2 is 1.61 bits per heavy atom. The van der Waals surface area contributed by atoms with Crippen LogP contribution in [0.3, 0.4) is 0 Å². The normalized spacial score (nSPS) is 48.6. The quantitative estimate of drug-likeness (QED) is 0.476. The van der Waals surface area contributed by atoms with Crippen molar-refractivity contribution in [1.82, 2.24) is 0 Å². The molecule has 9 atom stereocenters. The van der Waals surface area contributed by atoms with E-state index >= 15 is 0 Å². The Balaban J connectivity index is 1.41. The van der Waals surface area contributed by atoms with Crippen molar-refractivity contribution in [3.8, 4) is 0 Å². The summed E-state index contributed by atoms with van der Waals surface area (Å²) in [5, 5.41) is 21.5. The van der Waals surface area contributed by atoms with Gasteiger partial charge in [0.05, 0.1) is 11.7 Å². The summed E-state index contributed by atoms with van der Waals surface area (Å²) in [6, 6.07) is 0. The summed E-state index contributed by atoms with van der Waals surface area (Å²) in [5.41, 5.74) is 0.644. The standard InChI is InChI=1S/C29H52O2/c1-7-29(31)18-17-28(6)21(19-29)11-13-22-23-14-12-20(27(23,5)16-15-24(22)28)9-8-10-25(30)26(2,3)4/h20-25,30-31H,7-19H2,1-6H3/t20-,21-,22-,23-,24-,25+,27+,28-,29-/m0/s1. The van der Waals surface area contributed by atoms with Gasteiger partial charge in [0, 0.05) is 0 Å². The fourth-order valence-corrected chi connectivity index (χ4v) is 9.22. The van der Waals surface area contributed by atoms with E-state index in [4.69, 9.17) is 0 Å². The van der Waals surface area contributed by atoms with E-state index in [1.165, 1.54) is 57.8 Å². The number of fused-ring (bicyclic) bond motifs is 5. The van der Waals surface area contributed by atoms with Crippen molar-refractivity contribution >= 4 is 0 Å². The number of aliphatic hydroxyl groups is 2. The van der Waals surface area contributed by atoms with E-state index in [-0.39, 0.29) is 17.1 Å². The molecule has 4 saturated carbocycles. The summed E-state index contributed by atoms with van der Waals surface area (Å²) in [5.74, 6) is 4.36. The number of rotatable bonds is 5. The zero-order valence-corrected chi connectivity index (χ0v) is 21.6. The molecule has 4 fully saturated rings. The molecule has 4 rings (SSSR count). The topological polar surface area (TPSA) is 40.5 Å². The molecule has 2 nitrogen and oxygen atoms in total. The van der Waals surface area contributed by atoms with E-state index in [1.54, 1.807) is 0 Å². The first kappa shape index (κ1) is 24.1. The van der Waals surface area contributed by atoms with E-state index in [0.29, 0.717) is 10.8 Å². The van der Waals surface area contributed by atoms with Crippen molar-refractivity contribution in [2.45, 2.75) is 137 Å². The third kappa shape index (κ3) is 4.16. The summed E-state index contributed by atoms with van der Waals surface area (Å²) >= 11 is 0. The lowest BCUT2D eigenvalue weighted by Crippen LogP contribution is -2.55. The van der Waals surface area contributed by atoms with Crippen molar-refractivity contribution in [1.29, 1.82) is 0 Å². The van der Waals surface area contributed by atoms with Gasteiger partial charge >= 0.3 is 0 Å². The molecule has 0 spiro atoms. The maximum Gasteiger partial charge on any atom is 0.0648 e. The van der Waals surface area contributed by atoms with Crippen molar-refractivity contribution in [2.24, 2.45) is 45.8 Å². The fourth-order valence-electron chi connectivity index (χ4n) is 9.22. The van der Waals surface area contributed by atoms with Crippen molar-refractivity contribution in [2.75, 3.05) is 0 Å². The first-order valence-electron chi connectivity index (χ1n) is 13.8. The zero-order chi connectivity index (χ0) is 22.7. The van der Waals surface area contributed by atoms with Crippen LogP contribution in [0.1, 0.15) is 125 Å².